The molecule has 0 bridgehead atoms. The molecule has 0 aromatic heterocycles. The van der Waals surface area contributed by atoms with Gasteiger partial charge in [0.05, 0.1) is 24.7 Å². The van der Waals surface area contributed by atoms with E-state index in [1.165, 1.54) is 0 Å². The van der Waals surface area contributed by atoms with Gasteiger partial charge in [-0.25, -0.2) is 0 Å². The summed E-state index contributed by atoms with van der Waals surface area (Å²) in [6.07, 6.45) is 0.455. The van der Waals surface area contributed by atoms with Gasteiger partial charge in [-0.1, -0.05) is 0 Å². The fourth-order valence-electron chi connectivity index (χ4n) is 1.43. The summed E-state index contributed by atoms with van der Waals surface area (Å²) in [5, 5.41) is 17.7. The van der Waals surface area contributed by atoms with E-state index in [1.807, 2.05) is 6.92 Å². The Balaban J connectivity index is 2.32. The smallest absolute Gasteiger partial charge is 0.306 e. The first kappa shape index (κ1) is 9.48. The van der Waals surface area contributed by atoms with Crippen molar-refractivity contribution in [3.05, 3.63) is 0 Å². The van der Waals surface area contributed by atoms with Crippen molar-refractivity contribution in [3.8, 4) is 0 Å². The normalized spacial score (nSPS) is 31.8. The van der Waals surface area contributed by atoms with Crippen LogP contribution in [-0.2, 0) is 9.53 Å². The SMILES string of the molecule is C[C@@H]1CCC([C@@H](O)CC(=O)O)O1. The molecule has 4 heteroatoms. The van der Waals surface area contributed by atoms with E-state index in [9.17, 15) is 9.90 Å². The highest BCUT2D eigenvalue weighted by Crippen LogP contribution is 2.22. The number of hydrogen-bond acceptors (Lipinski definition) is 3. The van der Waals surface area contributed by atoms with Gasteiger partial charge in [0.2, 0.25) is 0 Å². The highest BCUT2D eigenvalue weighted by Gasteiger charge is 2.29. The third-order valence-electron chi connectivity index (χ3n) is 2.08. The molecule has 0 aromatic carbocycles. The van der Waals surface area contributed by atoms with Crippen LogP contribution in [0, 0.1) is 0 Å². The number of carboxylic acid groups (broad SMARTS) is 1. The zero-order valence-electron chi connectivity index (χ0n) is 7.06. The number of aliphatic hydroxyl groups is 1. The molecule has 0 aliphatic carbocycles. The molecule has 1 aliphatic heterocycles. The molecule has 1 saturated heterocycles. The third kappa shape index (κ3) is 2.46. The van der Waals surface area contributed by atoms with Crippen molar-refractivity contribution < 1.29 is 19.7 Å². The number of rotatable bonds is 3. The summed E-state index contributed by atoms with van der Waals surface area (Å²) in [4.78, 5) is 10.2. The monoisotopic (exact) mass is 174 g/mol. The van der Waals surface area contributed by atoms with E-state index in [2.05, 4.69) is 0 Å². The van der Waals surface area contributed by atoms with E-state index in [0.29, 0.717) is 0 Å². The molecular formula is C8H14O4. The Morgan fingerprint density at radius 1 is 1.67 bits per heavy atom. The lowest BCUT2D eigenvalue weighted by Crippen LogP contribution is -2.28. The second-order valence-electron chi connectivity index (χ2n) is 3.23. The maximum Gasteiger partial charge on any atom is 0.306 e. The average Bonchev–Trinajstić information content (AvgIpc) is 2.34. The summed E-state index contributed by atoms with van der Waals surface area (Å²) < 4.78 is 5.31. The van der Waals surface area contributed by atoms with Gasteiger partial charge in [0, 0.05) is 0 Å². The van der Waals surface area contributed by atoms with Gasteiger partial charge in [0.1, 0.15) is 0 Å². The van der Waals surface area contributed by atoms with Crippen LogP contribution in [0.2, 0.25) is 0 Å². The molecule has 1 rings (SSSR count). The summed E-state index contributed by atoms with van der Waals surface area (Å²) >= 11 is 0. The number of carbonyl (C=O) groups is 1. The van der Waals surface area contributed by atoms with Crippen LogP contribution in [0.3, 0.4) is 0 Å². The Hall–Kier alpha value is -0.610. The number of hydrogen-bond donors (Lipinski definition) is 2. The van der Waals surface area contributed by atoms with E-state index in [-0.39, 0.29) is 18.6 Å². The maximum absolute atomic E-state index is 10.2. The fraction of sp³-hybridized carbons (Fsp3) is 0.875. The molecule has 70 valence electrons. The van der Waals surface area contributed by atoms with Gasteiger partial charge in [-0.15, -0.1) is 0 Å². The first-order valence-corrected chi connectivity index (χ1v) is 4.15. The van der Waals surface area contributed by atoms with E-state index < -0.39 is 12.1 Å². The Bertz CT molecular complexity index is 168. The van der Waals surface area contributed by atoms with Crippen LogP contribution in [0.1, 0.15) is 26.2 Å². The Labute approximate surface area is 71.2 Å². The molecule has 1 heterocycles. The van der Waals surface area contributed by atoms with Crippen molar-refractivity contribution in [1.29, 1.82) is 0 Å². The second kappa shape index (κ2) is 3.87. The van der Waals surface area contributed by atoms with Crippen LogP contribution in [0.25, 0.3) is 0 Å². The second-order valence-corrected chi connectivity index (χ2v) is 3.23. The predicted molar refractivity (Wildman–Crippen MR) is 41.8 cm³/mol. The van der Waals surface area contributed by atoms with Gasteiger partial charge in [0.15, 0.2) is 0 Å². The van der Waals surface area contributed by atoms with E-state index in [0.717, 1.165) is 12.8 Å². The summed E-state index contributed by atoms with van der Waals surface area (Å²) in [5.74, 6) is -0.981. The van der Waals surface area contributed by atoms with Crippen LogP contribution < -0.4 is 0 Å². The average molecular weight is 174 g/mol. The van der Waals surface area contributed by atoms with Crippen molar-refractivity contribution in [3.63, 3.8) is 0 Å². The van der Waals surface area contributed by atoms with Gasteiger partial charge >= 0.3 is 5.97 Å². The van der Waals surface area contributed by atoms with Crippen molar-refractivity contribution in [2.45, 2.75) is 44.5 Å². The van der Waals surface area contributed by atoms with Gasteiger partial charge < -0.3 is 14.9 Å². The molecule has 3 atom stereocenters. The van der Waals surface area contributed by atoms with Crippen LogP contribution >= 0.6 is 0 Å². The fourth-order valence-corrected chi connectivity index (χ4v) is 1.43. The van der Waals surface area contributed by atoms with Crippen molar-refractivity contribution in [2.24, 2.45) is 0 Å². The molecule has 4 nitrogen and oxygen atoms in total. The highest BCUT2D eigenvalue weighted by molar-refractivity contribution is 5.67. The maximum atomic E-state index is 10.2. The van der Waals surface area contributed by atoms with Crippen molar-refractivity contribution in [1.82, 2.24) is 0 Å². The first-order valence-electron chi connectivity index (χ1n) is 4.15. The molecular weight excluding hydrogens is 160 g/mol. The molecule has 1 unspecified atom stereocenters. The van der Waals surface area contributed by atoms with Gasteiger partial charge in [-0.05, 0) is 19.8 Å². The van der Waals surface area contributed by atoms with E-state index in [1.54, 1.807) is 0 Å². The lowest BCUT2D eigenvalue weighted by molar-refractivity contribution is -0.141. The molecule has 1 aliphatic rings. The number of ether oxygens (including phenoxy) is 1. The zero-order valence-corrected chi connectivity index (χ0v) is 7.06. The standard InChI is InChI=1S/C8H14O4/c1-5-2-3-7(12-5)6(9)4-8(10)11/h5-7,9H,2-4H2,1H3,(H,10,11)/t5-,6+,7?/m1/s1. The van der Waals surface area contributed by atoms with Crippen molar-refractivity contribution in [2.75, 3.05) is 0 Å². The molecule has 2 N–H and O–H groups in total. The third-order valence-corrected chi connectivity index (χ3v) is 2.08. The Morgan fingerprint density at radius 2 is 2.33 bits per heavy atom. The lowest BCUT2D eigenvalue weighted by atomic mass is 10.1. The molecule has 0 amide bonds. The molecule has 1 fully saturated rings. The van der Waals surface area contributed by atoms with Crippen LogP contribution in [0.5, 0.6) is 0 Å². The minimum atomic E-state index is -0.981. The first-order chi connectivity index (χ1) is 5.59. The molecule has 0 spiro atoms. The quantitative estimate of drug-likeness (QED) is 0.649. The predicted octanol–water partition coefficient (Wildman–Crippen LogP) is 0.389. The van der Waals surface area contributed by atoms with Crippen LogP contribution in [0.4, 0.5) is 0 Å². The Morgan fingerprint density at radius 3 is 2.75 bits per heavy atom. The summed E-state index contributed by atoms with van der Waals surface area (Å²) in [5.41, 5.74) is 0. The number of aliphatic hydroxyl groups excluding tert-OH is 1. The van der Waals surface area contributed by atoms with E-state index in [4.69, 9.17) is 9.84 Å². The number of aliphatic carboxylic acids is 1. The van der Waals surface area contributed by atoms with Gasteiger partial charge in [0.25, 0.3) is 0 Å². The van der Waals surface area contributed by atoms with Crippen LogP contribution in [-0.4, -0.2) is 34.5 Å². The number of carboxylic acids is 1. The van der Waals surface area contributed by atoms with Crippen LogP contribution in [0.15, 0.2) is 0 Å². The minimum Gasteiger partial charge on any atom is -0.481 e. The summed E-state index contributed by atoms with van der Waals surface area (Å²) in [7, 11) is 0. The molecule has 0 aromatic rings. The molecule has 12 heavy (non-hydrogen) atoms. The minimum absolute atomic E-state index is 0.151. The summed E-state index contributed by atoms with van der Waals surface area (Å²) in [6.45, 7) is 1.92. The van der Waals surface area contributed by atoms with Gasteiger partial charge in [-0.2, -0.15) is 0 Å². The topological polar surface area (TPSA) is 66.8 Å². The largest absolute Gasteiger partial charge is 0.481 e. The molecule has 0 radical (unpaired) electrons. The lowest BCUT2D eigenvalue weighted by Gasteiger charge is -2.16. The zero-order chi connectivity index (χ0) is 9.14. The van der Waals surface area contributed by atoms with Crippen molar-refractivity contribution >= 4 is 5.97 Å². The van der Waals surface area contributed by atoms with Gasteiger partial charge in [-0.3, -0.25) is 4.79 Å². The Kier molecular flexibility index (Phi) is 3.05. The summed E-state index contributed by atoms with van der Waals surface area (Å²) in [6, 6.07) is 0. The molecule has 0 saturated carbocycles. The van der Waals surface area contributed by atoms with E-state index >= 15 is 0 Å². The highest BCUT2D eigenvalue weighted by atomic mass is 16.5.